The van der Waals surface area contributed by atoms with Gasteiger partial charge in [-0.2, -0.15) is 0 Å². The van der Waals surface area contributed by atoms with Gasteiger partial charge in [-0.25, -0.2) is 8.78 Å². The molecule has 0 heterocycles. The number of hydrogen-bond donors (Lipinski definition) is 1. The second-order valence-corrected chi connectivity index (χ2v) is 5.48. The van der Waals surface area contributed by atoms with Crippen LogP contribution in [-0.4, -0.2) is 18.1 Å². The highest BCUT2D eigenvalue weighted by Crippen LogP contribution is 2.33. The number of halogens is 2. The lowest BCUT2D eigenvalue weighted by molar-refractivity contribution is 0.563. The molecule has 1 aliphatic carbocycles. The van der Waals surface area contributed by atoms with E-state index in [4.69, 9.17) is 18.0 Å². The van der Waals surface area contributed by atoms with Gasteiger partial charge in [0.1, 0.15) is 22.3 Å². The van der Waals surface area contributed by atoms with Crippen LogP contribution >= 0.6 is 12.2 Å². The van der Waals surface area contributed by atoms with Crippen LogP contribution in [0.25, 0.3) is 0 Å². The summed E-state index contributed by atoms with van der Waals surface area (Å²) in [6, 6.07) is 2.44. The molecule has 1 aromatic rings. The van der Waals surface area contributed by atoms with Crippen molar-refractivity contribution in [1.82, 2.24) is 0 Å². The first kappa shape index (κ1) is 14.2. The number of thiocarbonyl (C=S) groups is 1. The smallest absolute Gasteiger partial charge is 0.150 e. The van der Waals surface area contributed by atoms with Crippen molar-refractivity contribution in [1.29, 1.82) is 0 Å². The molecular weight excluding hydrogens is 266 g/mol. The maximum Gasteiger partial charge on any atom is 0.150 e. The van der Waals surface area contributed by atoms with Gasteiger partial charge < -0.3 is 10.6 Å². The Kier molecular flexibility index (Phi) is 4.34. The third-order valence-corrected chi connectivity index (χ3v) is 3.52. The van der Waals surface area contributed by atoms with E-state index in [0.29, 0.717) is 19.0 Å². The van der Waals surface area contributed by atoms with Crippen molar-refractivity contribution >= 4 is 22.9 Å². The molecule has 104 valence electrons. The van der Waals surface area contributed by atoms with Crippen LogP contribution in [0.1, 0.15) is 31.7 Å². The van der Waals surface area contributed by atoms with Crippen LogP contribution in [0.4, 0.5) is 14.5 Å². The van der Waals surface area contributed by atoms with E-state index in [-0.39, 0.29) is 16.2 Å². The fraction of sp³-hybridized carbons (Fsp3) is 0.500. The molecule has 0 radical (unpaired) electrons. The second kappa shape index (κ2) is 5.82. The van der Waals surface area contributed by atoms with Gasteiger partial charge in [0.05, 0.1) is 0 Å². The summed E-state index contributed by atoms with van der Waals surface area (Å²) < 4.78 is 28.2. The van der Waals surface area contributed by atoms with Gasteiger partial charge in [0, 0.05) is 18.7 Å². The highest BCUT2D eigenvalue weighted by molar-refractivity contribution is 7.80. The van der Waals surface area contributed by atoms with Crippen molar-refractivity contribution in [2.75, 3.05) is 18.0 Å². The molecule has 1 aromatic carbocycles. The lowest BCUT2D eigenvalue weighted by atomic mass is 10.1. The van der Waals surface area contributed by atoms with Crippen LogP contribution in [0, 0.1) is 17.6 Å². The van der Waals surface area contributed by atoms with Gasteiger partial charge in [-0.1, -0.05) is 19.1 Å². The first-order valence-corrected chi connectivity index (χ1v) is 6.97. The Morgan fingerprint density at radius 2 is 1.95 bits per heavy atom. The standard InChI is InChI=1S/C14H18F2N2S/c1-2-5-18(8-9-3-4-9)13-11(15)6-10(14(17)19)7-12(13)16/h6-7,9H,2-5,8H2,1H3,(H2,17,19). The number of nitrogens with zero attached hydrogens (tertiary/aromatic N) is 1. The molecule has 1 fully saturated rings. The summed E-state index contributed by atoms with van der Waals surface area (Å²) in [5.41, 5.74) is 5.69. The van der Waals surface area contributed by atoms with Gasteiger partial charge >= 0.3 is 0 Å². The maximum absolute atomic E-state index is 14.1. The third-order valence-electron chi connectivity index (χ3n) is 3.29. The normalized spacial score (nSPS) is 14.5. The zero-order chi connectivity index (χ0) is 14.0. The van der Waals surface area contributed by atoms with Crippen LogP contribution in [0.15, 0.2) is 12.1 Å². The summed E-state index contributed by atoms with van der Waals surface area (Å²) in [6.45, 7) is 3.37. The second-order valence-electron chi connectivity index (χ2n) is 5.04. The summed E-state index contributed by atoms with van der Waals surface area (Å²) in [7, 11) is 0. The SMILES string of the molecule is CCCN(CC1CC1)c1c(F)cc(C(N)=S)cc1F. The zero-order valence-corrected chi connectivity index (χ0v) is 11.8. The van der Waals surface area contributed by atoms with Crippen molar-refractivity contribution in [2.45, 2.75) is 26.2 Å². The molecule has 0 atom stereocenters. The monoisotopic (exact) mass is 284 g/mol. The van der Waals surface area contributed by atoms with E-state index in [1.165, 1.54) is 12.1 Å². The Labute approximate surface area is 117 Å². The van der Waals surface area contributed by atoms with Gasteiger partial charge in [0.2, 0.25) is 0 Å². The van der Waals surface area contributed by atoms with Crippen LogP contribution in [-0.2, 0) is 0 Å². The first-order valence-electron chi connectivity index (χ1n) is 6.56. The predicted octanol–water partition coefficient (Wildman–Crippen LogP) is 3.23. The van der Waals surface area contributed by atoms with E-state index in [2.05, 4.69) is 0 Å². The summed E-state index contributed by atoms with van der Waals surface area (Å²) >= 11 is 4.75. The van der Waals surface area contributed by atoms with Crippen LogP contribution < -0.4 is 10.6 Å². The third kappa shape index (κ3) is 3.41. The molecule has 0 saturated heterocycles. The summed E-state index contributed by atoms with van der Waals surface area (Å²) in [5.74, 6) is -0.602. The van der Waals surface area contributed by atoms with Gasteiger partial charge in [0.25, 0.3) is 0 Å². The van der Waals surface area contributed by atoms with Crippen LogP contribution in [0.3, 0.4) is 0 Å². The average Bonchev–Trinajstić information content (AvgIpc) is 3.12. The lowest BCUT2D eigenvalue weighted by Gasteiger charge is -2.25. The molecule has 2 N–H and O–H groups in total. The van der Waals surface area contributed by atoms with Gasteiger partial charge in [0.15, 0.2) is 0 Å². The summed E-state index contributed by atoms with van der Waals surface area (Å²) in [6.07, 6.45) is 3.14. The topological polar surface area (TPSA) is 29.3 Å². The van der Waals surface area contributed by atoms with E-state index in [9.17, 15) is 8.78 Å². The minimum atomic E-state index is -0.586. The van der Waals surface area contributed by atoms with Crippen molar-refractivity contribution in [3.05, 3.63) is 29.3 Å². The van der Waals surface area contributed by atoms with Crippen molar-refractivity contribution in [2.24, 2.45) is 11.7 Å². The molecular formula is C14H18F2N2S. The molecule has 0 aromatic heterocycles. The number of anilines is 1. The van der Waals surface area contributed by atoms with E-state index >= 15 is 0 Å². The predicted molar refractivity (Wildman–Crippen MR) is 77.5 cm³/mol. The molecule has 0 spiro atoms. The highest BCUT2D eigenvalue weighted by atomic mass is 32.1. The van der Waals surface area contributed by atoms with E-state index in [1.807, 2.05) is 6.92 Å². The van der Waals surface area contributed by atoms with Crippen molar-refractivity contribution in [3.8, 4) is 0 Å². The minimum absolute atomic E-state index is 0.00795. The highest BCUT2D eigenvalue weighted by Gasteiger charge is 2.27. The van der Waals surface area contributed by atoms with E-state index in [1.54, 1.807) is 4.90 Å². The maximum atomic E-state index is 14.1. The molecule has 0 aliphatic heterocycles. The van der Waals surface area contributed by atoms with Gasteiger partial charge in [-0.15, -0.1) is 0 Å². The molecule has 2 nitrogen and oxygen atoms in total. The Balaban J connectivity index is 2.32. The Morgan fingerprint density at radius 1 is 1.37 bits per heavy atom. The minimum Gasteiger partial charge on any atom is -0.389 e. The number of benzene rings is 1. The fourth-order valence-corrected chi connectivity index (χ4v) is 2.30. The fourth-order valence-electron chi connectivity index (χ4n) is 2.19. The number of rotatable bonds is 6. The van der Waals surface area contributed by atoms with E-state index in [0.717, 1.165) is 19.3 Å². The largest absolute Gasteiger partial charge is 0.389 e. The van der Waals surface area contributed by atoms with Crippen LogP contribution in [0.5, 0.6) is 0 Å². The van der Waals surface area contributed by atoms with Crippen LogP contribution in [0.2, 0.25) is 0 Å². The Morgan fingerprint density at radius 3 is 2.37 bits per heavy atom. The molecule has 0 unspecified atom stereocenters. The van der Waals surface area contributed by atoms with Crippen molar-refractivity contribution < 1.29 is 8.78 Å². The number of nitrogens with two attached hydrogens (primary N) is 1. The molecule has 1 aliphatic rings. The molecule has 0 amide bonds. The quantitative estimate of drug-likeness (QED) is 0.813. The molecule has 2 rings (SSSR count). The Hall–Kier alpha value is -1.23. The molecule has 1 saturated carbocycles. The number of hydrogen-bond acceptors (Lipinski definition) is 2. The van der Waals surface area contributed by atoms with Gasteiger partial charge in [-0.3, -0.25) is 0 Å². The van der Waals surface area contributed by atoms with Gasteiger partial charge in [-0.05, 0) is 37.3 Å². The lowest BCUT2D eigenvalue weighted by Crippen LogP contribution is -2.28. The summed E-state index contributed by atoms with van der Waals surface area (Å²) in [5, 5.41) is 0. The zero-order valence-electron chi connectivity index (χ0n) is 11.0. The Bertz CT molecular complexity index is 463. The average molecular weight is 284 g/mol. The molecule has 19 heavy (non-hydrogen) atoms. The molecule has 0 bridgehead atoms. The first-order chi connectivity index (χ1) is 9.02. The van der Waals surface area contributed by atoms with Crippen molar-refractivity contribution in [3.63, 3.8) is 0 Å². The van der Waals surface area contributed by atoms with E-state index < -0.39 is 11.6 Å². The summed E-state index contributed by atoms with van der Waals surface area (Å²) in [4.78, 5) is 1.81. The molecule has 5 heteroatoms.